The molecule has 3 nitrogen and oxygen atoms in total. The quantitative estimate of drug-likeness (QED) is 0.870. The highest BCUT2D eigenvalue weighted by Crippen LogP contribution is 2.30. The molecule has 1 aliphatic rings. The summed E-state index contributed by atoms with van der Waals surface area (Å²) in [6.07, 6.45) is 2.06. The lowest BCUT2D eigenvalue weighted by Crippen LogP contribution is -2.13. The zero-order valence-corrected chi connectivity index (χ0v) is 12.2. The van der Waals surface area contributed by atoms with Crippen molar-refractivity contribution in [1.29, 1.82) is 0 Å². The Balaban J connectivity index is 1.56. The summed E-state index contributed by atoms with van der Waals surface area (Å²) in [5.74, 6) is 0.388. The second-order valence-electron chi connectivity index (χ2n) is 5.62. The number of benzene rings is 2. The van der Waals surface area contributed by atoms with Gasteiger partial charge in [0.2, 0.25) is 5.91 Å². The van der Waals surface area contributed by atoms with E-state index in [0.717, 1.165) is 30.8 Å². The fourth-order valence-corrected chi connectivity index (χ4v) is 2.27. The van der Waals surface area contributed by atoms with Gasteiger partial charge in [-0.3, -0.25) is 4.79 Å². The van der Waals surface area contributed by atoms with E-state index in [1.165, 1.54) is 11.1 Å². The van der Waals surface area contributed by atoms with Gasteiger partial charge in [-0.1, -0.05) is 24.3 Å². The molecular formula is C18H20N2O. The number of carbonyl (C=O) groups excluding carboxylic acids is 1. The van der Waals surface area contributed by atoms with Crippen molar-refractivity contribution in [2.24, 2.45) is 5.92 Å². The van der Waals surface area contributed by atoms with Crippen molar-refractivity contribution in [2.75, 3.05) is 10.6 Å². The Morgan fingerprint density at radius 3 is 2.38 bits per heavy atom. The molecule has 0 bridgehead atoms. The van der Waals surface area contributed by atoms with Crippen molar-refractivity contribution in [3.8, 4) is 0 Å². The molecule has 0 aromatic heterocycles. The number of rotatable bonds is 5. The minimum absolute atomic E-state index is 0.149. The molecule has 0 unspecified atom stereocenters. The Morgan fingerprint density at radius 2 is 1.71 bits per heavy atom. The second-order valence-corrected chi connectivity index (χ2v) is 5.62. The molecule has 2 aromatic rings. The van der Waals surface area contributed by atoms with Crippen LogP contribution in [0.1, 0.15) is 24.0 Å². The van der Waals surface area contributed by atoms with E-state index in [1.54, 1.807) is 0 Å². The highest BCUT2D eigenvalue weighted by Gasteiger charge is 2.29. The van der Waals surface area contributed by atoms with Crippen LogP contribution in [0.2, 0.25) is 0 Å². The largest absolute Gasteiger partial charge is 0.381 e. The van der Waals surface area contributed by atoms with Crippen LogP contribution in [0.15, 0.2) is 48.5 Å². The van der Waals surface area contributed by atoms with E-state index in [4.69, 9.17) is 0 Å². The van der Waals surface area contributed by atoms with E-state index in [2.05, 4.69) is 41.8 Å². The number of hydrogen-bond donors (Lipinski definition) is 2. The lowest BCUT2D eigenvalue weighted by molar-refractivity contribution is -0.117. The number of aryl methyl sites for hydroxylation is 1. The first-order chi connectivity index (χ1) is 10.2. The third kappa shape index (κ3) is 3.63. The minimum atomic E-state index is 0.149. The van der Waals surface area contributed by atoms with Gasteiger partial charge in [0.1, 0.15) is 0 Å². The van der Waals surface area contributed by atoms with Crippen LogP contribution in [0.3, 0.4) is 0 Å². The predicted octanol–water partition coefficient (Wildman–Crippen LogP) is 3.96. The Hall–Kier alpha value is -2.29. The van der Waals surface area contributed by atoms with Gasteiger partial charge in [0.05, 0.1) is 0 Å². The highest BCUT2D eigenvalue weighted by molar-refractivity contribution is 5.94. The van der Waals surface area contributed by atoms with Crippen LogP contribution < -0.4 is 10.6 Å². The Labute approximate surface area is 125 Å². The van der Waals surface area contributed by atoms with Crippen LogP contribution in [0.5, 0.6) is 0 Å². The van der Waals surface area contributed by atoms with Crippen LogP contribution >= 0.6 is 0 Å². The molecule has 21 heavy (non-hydrogen) atoms. The summed E-state index contributed by atoms with van der Waals surface area (Å²) in [7, 11) is 0. The van der Waals surface area contributed by atoms with Crippen LogP contribution in [0.25, 0.3) is 0 Å². The molecule has 2 aromatic carbocycles. The van der Waals surface area contributed by atoms with Crippen molar-refractivity contribution in [3.63, 3.8) is 0 Å². The van der Waals surface area contributed by atoms with E-state index in [-0.39, 0.29) is 11.8 Å². The zero-order chi connectivity index (χ0) is 14.7. The number of nitrogens with one attached hydrogen (secondary N) is 2. The van der Waals surface area contributed by atoms with Gasteiger partial charge in [0, 0.05) is 23.8 Å². The third-order valence-corrected chi connectivity index (χ3v) is 3.84. The lowest BCUT2D eigenvalue weighted by Gasteiger charge is -2.10. The average molecular weight is 280 g/mol. The van der Waals surface area contributed by atoms with E-state index >= 15 is 0 Å². The first kappa shape index (κ1) is 13.7. The topological polar surface area (TPSA) is 41.1 Å². The van der Waals surface area contributed by atoms with E-state index in [0.29, 0.717) is 0 Å². The van der Waals surface area contributed by atoms with Crippen LogP contribution in [0, 0.1) is 12.8 Å². The molecule has 0 aliphatic heterocycles. The van der Waals surface area contributed by atoms with Crippen LogP contribution in [-0.4, -0.2) is 5.91 Å². The number of anilines is 2. The molecule has 0 atom stereocenters. The van der Waals surface area contributed by atoms with Gasteiger partial charge in [0.15, 0.2) is 0 Å². The molecule has 108 valence electrons. The van der Waals surface area contributed by atoms with Crippen molar-refractivity contribution in [1.82, 2.24) is 0 Å². The second kappa shape index (κ2) is 6.00. The molecular weight excluding hydrogens is 260 g/mol. The van der Waals surface area contributed by atoms with Gasteiger partial charge in [-0.15, -0.1) is 0 Å². The molecule has 1 saturated carbocycles. The van der Waals surface area contributed by atoms with Gasteiger partial charge in [-0.05, 0) is 55.2 Å². The monoisotopic (exact) mass is 280 g/mol. The smallest absolute Gasteiger partial charge is 0.227 e. The molecule has 1 aliphatic carbocycles. The maximum Gasteiger partial charge on any atom is 0.227 e. The number of hydrogen-bond acceptors (Lipinski definition) is 2. The fraction of sp³-hybridized carbons (Fsp3) is 0.278. The van der Waals surface area contributed by atoms with Crippen LogP contribution in [0.4, 0.5) is 11.4 Å². The summed E-state index contributed by atoms with van der Waals surface area (Å²) in [6.45, 7) is 2.92. The van der Waals surface area contributed by atoms with E-state index in [9.17, 15) is 4.79 Å². The van der Waals surface area contributed by atoms with Gasteiger partial charge >= 0.3 is 0 Å². The molecule has 1 fully saturated rings. The first-order valence-corrected chi connectivity index (χ1v) is 7.42. The van der Waals surface area contributed by atoms with E-state index in [1.807, 2.05) is 24.3 Å². The Morgan fingerprint density at radius 1 is 1.05 bits per heavy atom. The first-order valence-electron chi connectivity index (χ1n) is 7.42. The molecule has 3 rings (SSSR count). The summed E-state index contributed by atoms with van der Waals surface area (Å²) in [5, 5.41) is 6.35. The van der Waals surface area contributed by atoms with Crippen molar-refractivity contribution in [2.45, 2.75) is 26.3 Å². The van der Waals surface area contributed by atoms with Gasteiger partial charge < -0.3 is 10.6 Å². The molecule has 0 radical (unpaired) electrons. The summed E-state index contributed by atoms with van der Waals surface area (Å²) in [6, 6.07) is 16.2. The zero-order valence-electron chi connectivity index (χ0n) is 12.2. The minimum Gasteiger partial charge on any atom is -0.381 e. The molecule has 0 heterocycles. The molecule has 1 amide bonds. The maximum atomic E-state index is 11.7. The fourth-order valence-electron chi connectivity index (χ4n) is 2.27. The Kier molecular flexibility index (Phi) is 3.91. The SMILES string of the molecule is Cc1ccccc1CNc1ccc(NC(=O)C2CC2)cc1. The van der Waals surface area contributed by atoms with Gasteiger partial charge in [0.25, 0.3) is 0 Å². The standard InChI is InChI=1S/C18H20N2O/c1-13-4-2-3-5-15(13)12-19-16-8-10-17(11-9-16)20-18(21)14-6-7-14/h2-5,8-11,14,19H,6-7,12H2,1H3,(H,20,21). The summed E-state index contributed by atoms with van der Waals surface area (Å²) in [5.41, 5.74) is 4.51. The third-order valence-electron chi connectivity index (χ3n) is 3.84. The molecule has 2 N–H and O–H groups in total. The average Bonchev–Trinajstić information content (AvgIpc) is 3.33. The lowest BCUT2D eigenvalue weighted by atomic mass is 10.1. The van der Waals surface area contributed by atoms with Crippen molar-refractivity contribution in [3.05, 3.63) is 59.7 Å². The highest BCUT2D eigenvalue weighted by atomic mass is 16.2. The number of amides is 1. The normalized spacial score (nSPS) is 13.8. The van der Waals surface area contributed by atoms with Crippen LogP contribution in [-0.2, 0) is 11.3 Å². The van der Waals surface area contributed by atoms with Crippen molar-refractivity contribution >= 4 is 17.3 Å². The molecule has 3 heteroatoms. The summed E-state index contributed by atoms with van der Waals surface area (Å²) < 4.78 is 0. The predicted molar refractivity (Wildman–Crippen MR) is 86.3 cm³/mol. The van der Waals surface area contributed by atoms with Gasteiger partial charge in [-0.2, -0.15) is 0 Å². The molecule has 0 saturated heterocycles. The molecule has 0 spiro atoms. The summed E-state index contributed by atoms with van der Waals surface area (Å²) >= 11 is 0. The van der Waals surface area contributed by atoms with Gasteiger partial charge in [-0.25, -0.2) is 0 Å². The Bertz CT molecular complexity index is 630. The summed E-state index contributed by atoms with van der Waals surface area (Å²) in [4.78, 5) is 11.7. The maximum absolute atomic E-state index is 11.7. The number of carbonyl (C=O) groups is 1. The van der Waals surface area contributed by atoms with E-state index < -0.39 is 0 Å². The van der Waals surface area contributed by atoms with Crippen molar-refractivity contribution < 1.29 is 4.79 Å².